The molecule has 0 aliphatic carbocycles. The average Bonchev–Trinajstić information content (AvgIpc) is 2.53. The van der Waals surface area contributed by atoms with Crippen LogP contribution in [-0.4, -0.2) is 18.4 Å². The lowest BCUT2D eigenvalue weighted by Gasteiger charge is -2.10. The minimum absolute atomic E-state index is 0.195. The van der Waals surface area contributed by atoms with Crippen LogP contribution in [-0.2, 0) is 16.0 Å². The Morgan fingerprint density at radius 3 is 2.35 bits per heavy atom. The molecule has 0 radical (unpaired) electrons. The summed E-state index contributed by atoms with van der Waals surface area (Å²) >= 11 is 6.67. The molecule has 23 heavy (non-hydrogen) atoms. The number of amides is 2. The minimum Gasteiger partial charge on any atom is -0.483 e. The number of carbonyl (C=O) groups is 2. The van der Waals surface area contributed by atoms with Crippen molar-refractivity contribution in [3.63, 3.8) is 0 Å². The second-order valence-corrected chi connectivity index (χ2v) is 6.39. The van der Waals surface area contributed by atoms with Gasteiger partial charge in [0, 0.05) is 4.47 Å². The van der Waals surface area contributed by atoms with Crippen molar-refractivity contribution < 1.29 is 14.3 Å². The predicted octanol–water partition coefficient (Wildman–Crippen LogP) is 2.98. The number of ether oxygens (including phenoxy) is 1. The molecule has 0 saturated heterocycles. The van der Waals surface area contributed by atoms with Crippen LogP contribution >= 0.6 is 31.9 Å². The number of hydrogen-bond acceptors (Lipinski definition) is 3. The first-order chi connectivity index (χ1) is 11.0. The highest BCUT2D eigenvalue weighted by atomic mass is 79.9. The van der Waals surface area contributed by atoms with E-state index in [1.807, 2.05) is 36.4 Å². The second kappa shape index (κ2) is 8.69. The summed E-state index contributed by atoms with van der Waals surface area (Å²) < 4.78 is 7.00. The molecule has 0 aliphatic heterocycles. The third-order valence-corrected chi connectivity index (χ3v) is 3.91. The zero-order chi connectivity index (χ0) is 16.7. The lowest BCUT2D eigenvalue weighted by Crippen LogP contribution is -2.44. The summed E-state index contributed by atoms with van der Waals surface area (Å²) in [7, 11) is 0. The van der Waals surface area contributed by atoms with Gasteiger partial charge in [0.15, 0.2) is 6.61 Å². The SMILES string of the molecule is O=C(COc1ccc(Br)cc1Br)NNC(=O)Cc1ccccc1. The van der Waals surface area contributed by atoms with Crippen LogP contribution in [0.5, 0.6) is 5.75 Å². The second-order valence-electron chi connectivity index (χ2n) is 4.62. The molecule has 120 valence electrons. The Kier molecular flexibility index (Phi) is 6.61. The van der Waals surface area contributed by atoms with Crippen molar-refractivity contribution in [2.24, 2.45) is 0 Å². The van der Waals surface area contributed by atoms with Gasteiger partial charge >= 0.3 is 0 Å². The molecule has 0 heterocycles. The first kappa shape index (κ1) is 17.5. The van der Waals surface area contributed by atoms with Crippen LogP contribution in [0.15, 0.2) is 57.5 Å². The Bertz CT molecular complexity index is 693. The monoisotopic (exact) mass is 440 g/mol. The van der Waals surface area contributed by atoms with Gasteiger partial charge in [-0.2, -0.15) is 0 Å². The fourth-order valence-corrected chi connectivity index (χ4v) is 2.90. The lowest BCUT2D eigenvalue weighted by molar-refractivity contribution is -0.129. The number of hydrogen-bond donors (Lipinski definition) is 2. The van der Waals surface area contributed by atoms with E-state index >= 15 is 0 Å². The Morgan fingerprint density at radius 1 is 0.957 bits per heavy atom. The van der Waals surface area contributed by atoms with Gasteiger partial charge < -0.3 is 4.74 Å². The van der Waals surface area contributed by atoms with Crippen molar-refractivity contribution in [2.75, 3.05) is 6.61 Å². The van der Waals surface area contributed by atoms with Crippen LogP contribution in [0.2, 0.25) is 0 Å². The molecule has 2 aromatic rings. The van der Waals surface area contributed by atoms with Crippen molar-refractivity contribution in [1.29, 1.82) is 0 Å². The molecule has 0 aromatic heterocycles. The normalized spacial score (nSPS) is 10.0. The van der Waals surface area contributed by atoms with Crippen molar-refractivity contribution in [3.8, 4) is 5.75 Å². The van der Waals surface area contributed by atoms with Gasteiger partial charge in [-0.1, -0.05) is 46.3 Å². The van der Waals surface area contributed by atoms with Crippen molar-refractivity contribution in [2.45, 2.75) is 6.42 Å². The molecular weight excluding hydrogens is 428 g/mol. The maximum Gasteiger partial charge on any atom is 0.276 e. The fraction of sp³-hybridized carbons (Fsp3) is 0.125. The van der Waals surface area contributed by atoms with E-state index in [0.29, 0.717) is 5.75 Å². The number of rotatable bonds is 5. The van der Waals surface area contributed by atoms with E-state index in [4.69, 9.17) is 4.74 Å². The summed E-state index contributed by atoms with van der Waals surface area (Å²) in [5.74, 6) is -0.199. The quantitative estimate of drug-likeness (QED) is 0.701. The van der Waals surface area contributed by atoms with Gasteiger partial charge in [-0.3, -0.25) is 20.4 Å². The summed E-state index contributed by atoms with van der Waals surface area (Å²) in [6.07, 6.45) is 0.195. The summed E-state index contributed by atoms with van der Waals surface area (Å²) in [6.45, 7) is -0.203. The molecule has 2 amide bonds. The van der Waals surface area contributed by atoms with Gasteiger partial charge in [0.05, 0.1) is 10.9 Å². The Morgan fingerprint density at radius 2 is 1.65 bits per heavy atom. The van der Waals surface area contributed by atoms with Gasteiger partial charge in [0.2, 0.25) is 5.91 Å². The molecule has 5 nitrogen and oxygen atoms in total. The molecule has 0 fully saturated rings. The molecule has 0 aliphatic rings. The van der Waals surface area contributed by atoms with E-state index in [9.17, 15) is 9.59 Å². The number of nitrogens with one attached hydrogen (secondary N) is 2. The van der Waals surface area contributed by atoms with Crippen molar-refractivity contribution >= 4 is 43.7 Å². The highest BCUT2D eigenvalue weighted by molar-refractivity contribution is 9.11. The van der Waals surface area contributed by atoms with E-state index in [-0.39, 0.29) is 18.9 Å². The molecule has 2 aromatic carbocycles. The lowest BCUT2D eigenvalue weighted by atomic mass is 10.1. The largest absolute Gasteiger partial charge is 0.483 e. The fourth-order valence-electron chi connectivity index (χ4n) is 1.74. The highest BCUT2D eigenvalue weighted by Gasteiger charge is 2.08. The van der Waals surface area contributed by atoms with E-state index in [0.717, 1.165) is 14.5 Å². The summed E-state index contributed by atoms with van der Waals surface area (Å²) in [6, 6.07) is 14.6. The summed E-state index contributed by atoms with van der Waals surface area (Å²) in [5.41, 5.74) is 5.54. The highest BCUT2D eigenvalue weighted by Crippen LogP contribution is 2.27. The standard InChI is InChI=1S/C16H14Br2N2O3/c17-12-6-7-14(13(18)9-12)23-10-16(22)20-19-15(21)8-11-4-2-1-3-5-11/h1-7,9H,8,10H2,(H,19,21)(H,20,22). The van der Waals surface area contributed by atoms with E-state index in [1.54, 1.807) is 12.1 Å². The van der Waals surface area contributed by atoms with E-state index in [2.05, 4.69) is 42.7 Å². The zero-order valence-electron chi connectivity index (χ0n) is 12.0. The van der Waals surface area contributed by atoms with E-state index in [1.165, 1.54) is 0 Å². The van der Waals surface area contributed by atoms with Crippen LogP contribution in [0, 0.1) is 0 Å². The Balaban J connectivity index is 1.73. The maximum absolute atomic E-state index is 11.7. The molecule has 0 atom stereocenters. The number of carbonyl (C=O) groups excluding carboxylic acids is 2. The molecule has 2 rings (SSSR count). The topological polar surface area (TPSA) is 67.4 Å². The van der Waals surface area contributed by atoms with Crippen molar-refractivity contribution in [1.82, 2.24) is 10.9 Å². The molecule has 0 unspecified atom stereocenters. The number of benzene rings is 2. The minimum atomic E-state index is -0.443. The third-order valence-electron chi connectivity index (χ3n) is 2.80. The molecule has 2 N–H and O–H groups in total. The molecular formula is C16H14Br2N2O3. The first-order valence-electron chi connectivity index (χ1n) is 6.74. The van der Waals surface area contributed by atoms with Crippen LogP contribution in [0.1, 0.15) is 5.56 Å². The first-order valence-corrected chi connectivity index (χ1v) is 8.32. The van der Waals surface area contributed by atoms with Crippen LogP contribution in [0.4, 0.5) is 0 Å². The number of hydrazine groups is 1. The van der Waals surface area contributed by atoms with Crippen LogP contribution in [0.3, 0.4) is 0 Å². The predicted molar refractivity (Wildman–Crippen MR) is 93.8 cm³/mol. The smallest absolute Gasteiger partial charge is 0.276 e. The molecule has 0 spiro atoms. The third kappa shape index (κ3) is 6.03. The Labute approximate surface area is 150 Å². The van der Waals surface area contributed by atoms with Gasteiger partial charge in [-0.15, -0.1) is 0 Å². The maximum atomic E-state index is 11.7. The van der Waals surface area contributed by atoms with Gasteiger partial charge in [-0.05, 0) is 39.7 Å². The van der Waals surface area contributed by atoms with Crippen molar-refractivity contribution in [3.05, 3.63) is 63.0 Å². The summed E-state index contributed by atoms with van der Waals surface area (Å²) in [5, 5.41) is 0. The molecule has 0 saturated carbocycles. The molecule has 7 heteroatoms. The Hall–Kier alpha value is -1.86. The van der Waals surface area contributed by atoms with Crippen LogP contribution in [0.25, 0.3) is 0 Å². The average molecular weight is 442 g/mol. The van der Waals surface area contributed by atoms with Gasteiger partial charge in [0.1, 0.15) is 5.75 Å². The van der Waals surface area contributed by atoms with E-state index < -0.39 is 5.91 Å². The zero-order valence-corrected chi connectivity index (χ0v) is 15.2. The summed E-state index contributed by atoms with van der Waals surface area (Å²) in [4.78, 5) is 23.4. The number of halogens is 2. The van der Waals surface area contributed by atoms with Gasteiger partial charge in [-0.25, -0.2) is 0 Å². The molecule has 0 bridgehead atoms. The van der Waals surface area contributed by atoms with Gasteiger partial charge in [0.25, 0.3) is 5.91 Å². The van der Waals surface area contributed by atoms with Crippen LogP contribution < -0.4 is 15.6 Å².